The van der Waals surface area contributed by atoms with Gasteiger partial charge in [0.1, 0.15) is 18.4 Å². The second kappa shape index (κ2) is 11.6. The molecule has 2 rings (SSSR count). The van der Waals surface area contributed by atoms with Gasteiger partial charge in [-0.1, -0.05) is 47.1 Å². The Hall–Kier alpha value is -2.46. The van der Waals surface area contributed by atoms with Crippen LogP contribution < -0.4 is 9.62 Å². The molecule has 0 aliphatic heterocycles. The van der Waals surface area contributed by atoms with Crippen LogP contribution in [0.3, 0.4) is 0 Å². The van der Waals surface area contributed by atoms with Gasteiger partial charge in [-0.2, -0.15) is 0 Å². The lowest BCUT2D eigenvalue weighted by Gasteiger charge is -2.32. The molecule has 180 valence electrons. The van der Waals surface area contributed by atoms with E-state index in [0.29, 0.717) is 16.6 Å². The van der Waals surface area contributed by atoms with Crippen molar-refractivity contribution in [3.05, 3.63) is 64.4 Å². The minimum Gasteiger partial charge on any atom is -0.352 e. The highest BCUT2D eigenvalue weighted by molar-refractivity contribution is 9.10. The van der Waals surface area contributed by atoms with Gasteiger partial charge in [-0.05, 0) is 44.5 Å². The molecule has 33 heavy (non-hydrogen) atoms. The minimum absolute atomic E-state index is 0.112. The summed E-state index contributed by atoms with van der Waals surface area (Å²) in [5, 5.41) is 2.82. The number of carbonyl (C=O) groups excluding carboxylic acids is 2. The lowest BCUT2D eigenvalue weighted by Crippen LogP contribution is -2.52. The third kappa shape index (κ3) is 7.53. The van der Waals surface area contributed by atoms with E-state index in [2.05, 4.69) is 21.2 Å². The van der Waals surface area contributed by atoms with Crippen LogP contribution in [0.15, 0.2) is 53.0 Å². The Morgan fingerprint density at radius 1 is 1.12 bits per heavy atom. The van der Waals surface area contributed by atoms with Crippen LogP contribution in [0.2, 0.25) is 0 Å². The summed E-state index contributed by atoms with van der Waals surface area (Å²) in [6.45, 7) is 4.58. The topological polar surface area (TPSA) is 86.8 Å². The fourth-order valence-corrected chi connectivity index (χ4v) is 4.33. The first-order chi connectivity index (χ1) is 15.4. The maximum Gasteiger partial charge on any atom is 0.244 e. The molecule has 2 atom stereocenters. The second-order valence-electron chi connectivity index (χ2n) is 7.86. The first kappa shape index (κ1) is 26.8. The Bertz CT molecular complexity index is 1100. The van der Waals surface area contributed by atoms with Crippen LogP contribution in [0.4, 0.5) is 10.1 Å². The summed E-state index contributed by atoms with van der Waals surface area (Å²) < 4.78 is 41.0. The van der Waals surface area contributed by atoms with Crippen molar-refractivity contribution < 1.29 is 22.4 Å². The number of nitrogens with zero attached hydrogens (tertiary/aromatic N) is 2. The summed E-state index contributed by atoms with van der Waals surface area (Å²) >= 11 is 3.31. The van der Waals surface area contributed by atoms with Crippen molar-refractivity contribution in [2.45, 2.75) is 45.8 Å². The van der Waals surface area contributed by atoms with E-state index in [1.807, 2.05) is 13.8 Å². The van der Waals surface area contributed by atoms with Gasteiger partial charge in [0.05, 0.1) is 11.9 Å². The number of carbonyl (C=O) groups is 2. The molecule has 0 aliphatic carbocycles. The fraction of sp³-hybridized carbons (Fsp3) is 0.391. The van der Waals surface area contributed by atoms with Crippen molar-refractivity contribution >= 4 is 43.5 Å². The zero-order valence-electron chi connectivity index (χ0n) is 19.1. The number of benzene rings is 2. The van der Waals surface area contributed by atoms with Crippen LogP contribution in [-0.2, 0) is 26.2 Å². The number of sulfonamides is 1. The Kier molecular flexibility index (Phi) is 9.42. The maximum absolute atomic E-state index is 14.4. The summed E-state index contributed by atoms with van der Waals surface area (Å²) in [6.07, 6.45) is 1.70. The molecule has 1 N–H and O–H groups in total. The Morgan fingerprint density at radius 2 is 1.79 bits per heavy atom. The van der Waals surface area contributed by atoms with Crippen molar-refractivity contribution in [1.29, 1.82) is 0 Å². The van der Waals surface area contributed by atoms with Crippen LogP contribution in [0.5, 0.6) is 0 Å². The number of halogens is 2. The summed E-state index contributed by atoms with van der Waals surface area (Å²) in [5.41, 5.74) is 0.519. The predicted octanol–water partition coefficient (Wildman–Crippen LogP) is 3.69. The predicted molar refractivity (Wildman–Crippen MR) is 131 cm³/mol. The Labute approximate surface area is 203 Å². The standard InChI is InChI=1S/C23H29BrFN3O4S/c1-5-16(2)26-23(30)17(3)27(14-18-9-6-7-12-21(18)25)22(29)15-28(33(4,31)32)20-11-8-10-19(24)13-20/h6-13,16-17H,5,14-15H2,1-4H3,(H,26,30)/t16-,17-/m0/s1. The molecule has 0 radical (unpaired) electrons. The van der Waals surface area contributed by atoms with Gasteiger partial charge in [-0.15, -0.1) is 0 Å². The largest absolute Gasteiger partial charge is 0.352 e. The van der Waals surface area contributed by atoms with E-state index in [1.54, 1.807) is 37.3 Å². The molecule has 2 amide bonds. The highest BCUT2D eigenvalue weighted by Crippen LogP contribution is 2.23. The number of hydrogen-bond donors (Lipinski definition) is 1. The van der Waals surface area contributed by atoms with Gasteiger partial charge < -0.3 is 10.2 Å². The molecule has 0 saturated carbocycles. The summed E-state index contributed by atoms with van der Waals surface area (Å²) in [6, 6.07) is 11.4. The van der Waals surface area contributed by atoms with Crippen molar-refractivity contribution in [2.75, 3.05) is 17.1 Å². The molecule has 7 nitrogen and oxygen atoms in total. The van der Waals surface area contributed by atoms with Crippen molar-refractivity contribution in [3.8, 4) is 0 Å². The number of nitrogens with one attached hydrogen (secondary N) is 1. The maximum atomic E-state index is 14.4. The normalized spacial score (nSPS) is 13.2. The van der Waals surface area contributed by atoms with E-state index in [0.717, 1.165) is 10.6 Å². The van der Waals surface area contributed by atoms with E-state index in [9.17, 15) is 22.4 Å². The molecule has 0 saturated heterocycles. The van der Waals surface area contributed by atoms with E-state index in [1.165, 1.54) is 23.1 Å². The quantitative estimate of drug-likeness (QED) is 0.497. The lowest BCUT2D eigenvalue weighted by molar-refractivity contribution is -0.139. The highest BCUT2D eigenvalue weighted by Gasteiger charge is 2.31. The van der Waals surface area contributed by atoms with Crippen LogP contribution in [0.25, 0.3) is 0 Å². The summed E-state index contributed by atoms with van der Waals surface area (Å²) in [7, 11) is -3.82. The Morgan fingerprint density at radius 3 is 2.36 bits per heavy atom. The molecule has 2 aromatic rings. The average molecular weight is 542 g/mol. The third-order valence-corrected chi connectivity index (χ3v) is 6.88. The first-order valence-electron chi connectivity index (χ1n) is 10.5. The molecule has 0 fully saturated rings. The SMILES string of the molecule is CC[C@H](C)NC(=O)[C@H](C)N(Cc1ccccc1F)C(=O)CN(c1cccc(Br)c1)S(C)(=O)=O. The van der Waals surface area contributed by atoms with Crippen molar-refractivity contribution in [1.82, 2.24) is 10.2 Å². The number of amides is 2. The van der Waals surface area contributed by atoms with E-state index in [-0.39, 0.29) is 18.2 Å². The number of rotatable bonds is 10. The molecule has 0 spiro atoms. The van der Waals surface area contributed by atoms with Gasteiger partial charge in [-0.25, -0.2) is 12.8 Å². The second-order valence-corrected chi connectivity index (χ2v) is 10.7. The zero-order valence-corrected chi connectivity index (χ0v) is 21.5. The van der Waals surface area contributed by atoms with E-state index in [4.69, 9.17) is 0 Å². The van der Waals surface area contributed by atoms with Crippen LogP contribution in [0, 0.1) is 5.82 Å². The van der Waals surface area contributed by atoms with E-state index < -0.39 is 40.2 Å². The lowest BCUT2D eigenvalue weighted by atomic mass is 10.1. The molecular weight excluding hydrogens is 513 g/mol. The molecule has 2 aromatic carbocycles. The molecule has 0 heterocycles. The average Bonchev–Trinajstić information content (AvgIpc) is 2.75. The van der Waals surface area contributed by atoms with Gasteiger partial charge in [0.15, 0.2) is 0 Å². The van der Waals surface area contributed by atoms with Crippen LogP contribution in [-0.4, -0.2) is 50.0 Å². The monoisotopic (exact) mass is 541 g/mol. The number of anilines is 1. The van der Waals surface area contributed by atoms with Gasteiger partial charge in [0, 0.05) is 22.6 Å². The van der Waals surface area contributed by atoms with Crippen molar-refractivity contribution in [2.24, 2.45) is 0 Å². The summed E-state index contributed by atoms with van der Waals surface area (Å²) in [5.74, 6) is -1.55. The molecule has 0 unspecified atom stereocenters. The molecule has 10 heteroatoms. The van der Waals surface area contributed by atoms with Gasteiger partial charge >= 0.3 is 0 Å². The summed E-state index contributed by atoms with van der Waals surface area (Å²) in [4.78, 5) is 27.4. The van der Waals surface area contributed by atoms with Crippen LogP contribution >= 0.6 is 15.9 Å². The Balaban J connectivity index is 2.40. The van der Waals surface area contributed by atoms with Gasteiger partial charge in [-0.3, -0.25) is 13.9 Å². The third-order valence-electron chi connectivity index (χ3n) is 5.24. The molecule has 0 aromatic heterocycles. The molecule has 0 aliphatic rings. The highest BCUT2D eigenvalue weighted by atomic mass is 79.9. The molecule has 0 bridgehead atoms. The molecular formula is C23H29BrFN3O4S. The van der Waals surface area contributed by atoms with Crippen molar-refractivity contribution in [3.63, 3.8) is 0 Å². The van der Waals surface area contributed by atoms with Gasteiger partial charge in [0.2, 0.25) is 21.8 Å². The smallest absolute Gasteiger partial charge is 0.244 e. The minimum atomic E-state index is -3.82. The number of hydrogen-bond acceptors (Lipinski definition) is 4. The zero-order chi connectivity index (χ0) is 24.8. The van der Waals surface area contributed by atoms with Crippen LogP contribution in [0.1, 0.15) is 32.8 Å². The van der Waals surface area contributed by atoms with Gasteiger partial charge in [0.25, 0.3) is 0 Å². The fourth-order valence-electron chi connectivity index (χ4n) is 3.10. The first-order valence-corrected chi connectivity index (χ1v) is 13.1. The van der Waals surface area contributed by atoms with E-state index >= 15 is 0 Å².